The molecule has 2 heterocycles. The molecule has 1 amide bonds. The number of nitrogens with one attached hydrogen (secondary N) is 1. The topological polar surface area (TPSA) is 74.9 Å². The van der Waals surface area contributed by atoms with Gasteiger partial charge in [-0.1, -0.05) is 24.3 Å². The number of aromatic hydroxyl groups is 1. The first-order valence-corrected chi connectivity index (χ1v) is 8.82. The second-order valence-corrected chi connectivity index (χ2v) is 6.23. The maximum Gasteiger partial charge on any atom is 0.258 e. The van der Waals surface area contributed by atoms with Crippen molar-refractivity contribution in [3.63, 3.8) is 0 Å². The average Bonchev–Trinajstić information content (AvgIpc) is 3.19. The van der Waals surface area contributed by atoms with E-state index in [2.05, 4.69) is 5.32 Å². The standard InChI is InChI=1S/C21H20N2O4/c1-2-26-18-11-5-9-16(19(18)24)20-22-17-10-4-3-8-15(17)21(25)23(20)13-14-7-6-12-27-14/h3-12,20,22,24H,2,13H2,1H3/t20-/m1/s1. The SMILES string of the molecule is CCOc1cccc([C@@H]2Nc3ccccc3C(=O)N2Cc2ccco2)c1O. The van der Waals surface area contributed by atoms with E-state index in [9.17, 15) is 9.90 Å². The van der Waals surface area contributed by atoms with E-state index in [0.29, 0.717) is 29.2 Å². The van der Waals surface area contributed by atoms with Crippen LogP contribution in [0, 0.1) is 0 Å². The normalized spacial score (nSPS) is 16.0. The fraction of sp³-hybridized carbons (Fsp3) is 0.190. The molecule has 4 rings (SSSR count). The highest BCUT2D eigenvalue weighted by Crippen LogP contribution is 2.40. The Morgan fingerprint density at radius 1 is 1.15 bits per heavy atom. The molecular formula is C21H20N2O4. The first-order valence-electron chi connectivity index (χ1n) is 8.82. The molecule has 0 unspecified atom stereocenters. The number of fused-ring (bicyclic) bond motifs is 1. The second kappa shape index (κ2) is 7.07. The highest BCUT2D eigenvalue weighted by molar-refractivity contribution is 6.01. The van der Waals surface area contributed by atoms with Crippen molar-refractivity contribution in [2.24, 2.45) is 0 Å². The first-order chi connectivity index (χ1) is 13.2. The summed E-state index contributed by atoms with van der Waals surface area (Å²) < 4.78 is 10.9. The molecule has 0 spiro atoms. The lowest BCUT2D eigenvalue weighted by Gasteiger charge is -2.38. The Kier molecular flexibility index (Phi) is 4.46. The van der Waals surface area contributed by atoms with Gasteiger partial charge in [0.2, 0.25) is 0 Å². The van der Waals surface area contributed by atoms with Gasteiger partial charge in [-0.15, -0.1) is 0 Å². The van der Waals surface area contributed by atoms with E-state index in [1.807, 2.05) is 31.2 Å². The lowest BCUT2D eigenvalue weighted by molar-refractivity contribution is 0.0649. The molecule has 27 heavy (non-hydrogen) atoms. The van der Waals surface area contributed by atoms with Gasteiger partial charge in [-0.2, -0.15) is 0 Å². The number of hydrogen-bond acceptors (Lipinski definition) is 5. The predicted molar refractivity (Wildman–Crippen MR) is 101 cm³/mol. The third kappa shape index (κ3) is 3.10. The Balaban J connectivity index is 1.79. The molecule has 0 saturated carbocycles. The van der Waals surface area contributed by atoms with E-state index in [0.717, 1.165) is 5.69 Å². The number of rotatable bonds is 5. The Bertz CT molecular complexity index is 953. The zero-order chi connectivity index (χ0) is 18.8. The number of para-hydroxylation sites is 2. The zero-order valence-electron chi connectivity index (χ0n) is 14.9. The number of phenolic OH excluding ortho intramolecular Hbond substituents is 1. The fourth-order valence-corrected chi connectivity index (χ4v) is 3.30. The molecule has 0 bridgehead atoms. The van der Waals surface area contributed by atoms with E-state index in [1.54, 1.807) is 41.5 Å². The molecule has 6 nitrogen and oxygen atoms in total. The summed E-state index contributed by atoms with van der Waals surface area (Å²) in [4.78, 5) is 14.8. The van der Waals surface area contributed by atoms with Crippen molar-refractivity contribution in [2.75, 3.05) is 11.9 Å². The van der Waals surface area contributed by atoms with Gasteiger partial charge in [0.15, 0.2) is 11.5 Å². The molecule has 1 atom stereocenters. The van der Waals surface area contributed by atoms with Crippen LogP contribution in [-0.4, -0.2) is 22.5 Å². The lowest BCUT2D eigenvalue weighted by atomic mass is 10.0. The summed E-state index contributed by atoms with van der Waals surface area (Å²) >= 11 is 0. The highest BCUT2D eigenvalue weighted by atomic mass is 16.5. The van der Waals surface area contributed by atoms with Crippen molar-refractivity contribution in [2.45, 2.75) is 19.6 Å². The van der Waals surface area contributed by atoms with Gasteiger partial charge in [0, 0.05) is 11.3 Å². The smallest absolute Gasteiger partial charge is 0.258 e. The van der Waals surface area contributed by atoms with Crippen LogP contribution in [0.1, 0.15) is 34.8 Å². The summed E-state index contributed by atoms with van der Waals surface area (Å²) in [6, 6.07) is 16.2. The third-order valence-corrected chi connectivity index (χ3v) is 4.55. The minimum Gasteiger partial charge on any atom is -0.504 e. The van der Waals surface area contributed by atoms with Gasteiger partial charge in [0.25, 0.3) is 5.91 Å². The minimum atomic E-state index is -0.557. The molecule has 0 aliphatic carbocycles. The van der Waals surface area contributed by atoms with Gasteiger partial charge in [0.1, 0.15) is 11.9 Å². The first kappa shape index (κ1) is 17.0. The van der Waals surface area contributed by atoms with Crippen molar-refractivity contribution in [1.82, 2.24) is 4.90 Å². The summed E-state index contributed by atoms with van der Waals surface area (Å²) in [5, 5.41) is 14.1. The molecule has 1 aliphatic rings. The van der Waals surface area contributed by atoms with Crippen LogP contribution in [0.25, 0.3) is 0 Å². The van der Waals surface area contributed by atoms with Gasteiger partial charge >= 0.3 is 0 Å². The number of amides is 1. The van der Waals surface area contributed by atoms with E-state index in [1.165, 1.54) is 0 Å². The summed E-state index contributed by atoms with van der Waals surface area (Å²) in [7, 11) is 0. The van der Waals surface area contributed by atoms with E-state index >= 15 is 0 Å². The molecule has 0 radical (unpaired) electrons. The third-order valence-electron chi connectivity index (χ3n) is 4.55. The molecule has 6 heteroatoms. The van der Waals surface area contributed by atoms with E-state index < -0.39 is 6.17 Å². The van der Waals surface area contributed by atoms with Crippen LogP contribution < -0.4 is 10.1 Å². The van der Waals surface area contributed by atoms with Gasteiger partial charge in [0.05, 0.1) is 25.0 Å². The molecule has 2 aromatic carbocycles. The van der Waals surface area contributed by atoms with Gasteiger partial charge < -0.3 is 24.5 Å². The van der Waals surface area contributed by atoms with Crippen LogP contribution in [0.4, 0.5) is 5.69 Å². The van der Waals surface area contributed by atoms with Crippen molar-refractivity contribution in [3.05, 3.63) is 77.7 Å². The number of ether oxygens (including phenoxy) is 1. The summed E-state index contributed by atoms with van der Waals surface area (Å²) in [5.41, 5.74) is 1.88. The molecule has 1 aliphatic heterocycles. The second-order valence-electron chi connectivity index (χ2n) is 6.23. The van der Waals surface area contributed by atoms with Gasteiger partial charge in [-0.25, -0.2) is 0 Å². The summed E-state index contributed by atoms with van der Waals surface area (Å²) in [5.74, 6) is 0.941. The molecule has 2 N–H and O–H groups in total. The van der Waals surface area contributed by atoms with Gasteiger partial charge in [-0.05, 0) is 37.3 Å². The molecule has 3 aromatic rings. The Labute approximate surface area is 157 Å². The van der Waals surface area contributed by atoms with Crippen LogP contribution in [0.2, 0.25) is 0 Å². The average molecular weight is 364 g/mol. The monoisotopic (exact) mass is 364 g/mol. The summed E-state index contributed by atoms with van der Waals surface area (Å²) in [6.07, 6.45) is 1.02. The lowest BCUT2D eigenvalue weighted by Crippen LogP contribution is -2.42. The number of furan rings is 1. The van der Waals surface area contributed by atoms with Gasteiger partial charge in [-0.3, -0.25) is 4.79 Å². The van der Waals surface area contributed by atoms with E-state index in [4.69, 9.17) is 9.15 Å². The van der Waals surface area contributed by atoms with Crippen molar-refractivity contribution in [3.8, 4) is 11.5 Å². The van der Waals surface area contributed by atoms with Crippen LogP contribution in [0.15, 0.2) is 65.3 Å². The Hall–Kier alpha value is -3.41. The van der Waals surface area contributed by atoms with Crippen molar-refractivity contribution >= 4 is 11.6 Å². The van der Waals surface area contributed by atoms with E-state index in [-0.39, 0.29) is 18.2 Å². The molecule has 0 saturated heterocycles. The molecule has 1 aromatic heterocycles. The molecule has 0 fully saturated rings. The molecular weight excluding hydrogens is 344 g/mol. The highest BCUT2D eigenvalue weighted by Gasteiger charge is 2.35. The largest absolute Gasteiger partial charge is 0.504 e. The number of carbonyl (C=O) groups excluding carboxylic acids is 1. The number of phenols is 1. The van der Waals surface area contributed by atoms with Crippen LogP contribution in [0.5, 0.6) is 11.5 Å². The van der Waals surface area contributed by atoms with Crippen LogP contribution in [-0.2, 0) is 6.54 Å². The van der Waals surface area contributed by atoms with Crippen LogP contribution in [0.3, 0.4) is 0 Å². The predicted octanol–water partition coefficient (Wildman–Crippen LogP) is 4.15. The number of carbonyl (C=O) groups is 1. The Morgan fingerprint density at radius 2 is 2.00 bits per heavy atom. The Morgan fingerprint density at radius 3 is 2.78 bits per heavy atom. The number of hydrogen-bond donors (Lipinski definition) is 2. The number of nitrogens with zero attached hydrogens (tertiary/aromatic N) is 1. The number of anilines is 1. The van der Waals surface area contributed by atoms with Crippen molar-refractivity contribution in [1.29, 1.82) is 0 Å². The van der Waals surface area contributed by atoms with Crippen LogP contribution >= 0.6 is 0 Å². The fourth-order valence-electron chi connectivity index (χ4n) is 3.30. The van der Waals surface area contributed by atoms with Crippen molar-refractivity contribution < 1.29 is 19.1 Å². The maximum absolute atomic E-state index is 13.2. The molecule has 138 valence electrons. The quantitative estimate of drug-likeness (QED) is 0.711. The minimum absolute atomic E-state index is 0.0217. The maximum atomic E-state index is 13.2. The zero-order valence-corrected chi connectivity index (χ0v) is 14.9. The number of benzene rings is 2. The summed E-state index contributed by atoms with van der Waals surface area (Å²) in [6.45, 7) is 2.57.